The number of nitrogens with one attached hydrogen (secondary N) is 1. The number of aryl methyl sites for hydroxylation is 3. The van der Waals surface area contributed by atoms with Crippen LogP contribution in [0.2, 0.25) is 0 Å². The van der Waals surface area contributed by atoms with E-state index < -0.39 is 6.29 Å². The summed E-state index contributed by atoms with van der Waals surface area (Å²) in [5.41, 5.74) is 11.4. The van der Waals surface area contributed by atoms with Crippen LogP contribution in [0.5, 0.6) is 0 Å². The van der Waals surface area contributed by atoms with Crippen LogP contribution < -0.4 is 5.64 Å². The average Bonchev–Trinajstić information content (AvgIpc) is 2.91. The summed E-state index contributed by atoms with van der Waals surface area (Å²) < 4.78 is 0. The lowest BCUT2D eigenvalue weighted by molar-refractivity contribution is -0.246. The van der Waals surface area contributed by atoms with E-state index in [9.17, 15) is 10.2 Å². The van der Waals surface area contributed by atoms with Crippen molar-refractivity contribution in [1.82, 2.24) is 5.64 Å². The zero-order chi connectivity index (χ0) is 28.8. The lowest BCUT2D eigenvalue weighted by Crippen LogP contribution is -2.27. The van der Waals surface area contributed by atoms with Crippen molar-refractivity contribution in [2.45, 2.75) is 92.0 Å². The van der Waals surface area contributed by atoms with Crippen molar-refractivity contribution >= 4 is 0 Å². The maximum absolute atomic E-state index is 10.5. The molecule has 0 saturated heterocycles. The first-order valence-corrected chi connectivity index (χ1v) is 14.1. The van der Waals surface area contributed by atoms with Crippen molar-refractivity contribution in [1.29, 1.82) is 0 Å². The Hall–Kier alpha value is -2.54. The molecule has 0 amide bonds. The second kappa shape index (κ2) is 13.2. The number of hydrogen-bond acceptors (Lipinski definition) is 5. The standard InChI is InChI=1S/C34H47NO4/c1-9-34(10-2,28-17-15-25(23(3)21-28)16-20-31(36)33(5,6)7)29-18-19-30(24(4)22-29)26-11-13-27(14-12-26)32(37)39-35-38-8/h11-15,17-19,21-22,31-32,35-37H,9-10,16,20H2,1-8H3. The van der Waals surface area contributed by atoms with Gasteiger partial charge in [-0.15, -0.1) is 0 Å². The Kier molecular flexibility index (Phi) is 10.5. The summed E-state index contributed by atoms with van der Waals surface area (Å²) in [4.78, 5) is 9.62. The Bertz CT molecular complexity index is 1210. The molecule has 0 aliphatic heterocycles. The molecule has 0 heterocycles. The molecule has 0 aliphatic carbocycles. The van der Waals surface area contributed by atoms with E-state index in [0.717, 1.165) is 31.2 Å². The van der Waals surface area contributed by atoms with Crippen molar-refractivity contribution < 1.29 is 19.9 Å². The topological polar surface area (TPSA) is 71.0 Å². The van der Waals surface area contributed by atoms with Gasteiger partial charge in [-0.25, -0.2) is 4.84 Å². The van der Waals surface area contributed by atoms with E-state index >= 15 is 0 Å². The van der Waals surface area contributed by atoms with Gasteiger partial charge in [-0.1, -0.05) is 101 Å². The molecular weight excluding hydrogens is 486 g/mol. The van der Waals surface area contributed by atoms with E-state index in [1.807, 2.05) is 24.3 Å². The average molecular weight is 534 g/mol. The third-order valence-corrected chi connectivity index (χ3v) is 8.32. The van der Waals surface area contributed by atoms with Crippen LogP contribution in [0, 0.1) is 19.3 Å². The summed E-state index contributed by atoms with van der Waals surface area (Å²) in [6, 6.07) is 21.5. The van der Waals surface area contributed by atoms with E-state index in [4.69, 9.17) is 4.84 Å². The minimum absolute atomic E-state index is 0.0723. The number of benzene rings is 3. The highest BCUT2D eigenvalue weighted by atomic mass is 16.9. The maximum Gasteiger partial charge on any atom is 0.203 e. The van der Waals surface area contributed by atoms with Gasteiger partial charge in [0.1, 0.15) is 0 Å². The number of aliphatic hydroxyl groups is 2. The number of aliphatic hydroxyl groups excluding tert-OH is 2. The fraction of sp³-hybridized carbons (Fsp3) is 0.471. The minimum atomic E-state index is -1.12. The zero-order valence-corrected chi connectivity index (χ0v) is 25.0. The SMILES string of the molecule is CCC(CC)(c1ccc(CCC(O)C(C)(C)C)c(C)c1)c1ccc(-c2ccc(C(O)ONOC)cc2)c(C)c1. The molecule has 0 aliphatic rings. The van der Waals surface area contributed by atoms with Crippen molar-refractivity contribution in [3.8, 4) is 11.1 Å². The molecule has 0 spiro atoms. The highest BCUT2D eigenvalue weighted by molar-refractivity contribution is 5.68. The highest BCUT2D eigenvalue weighted by Crippen LogP contribution is 2.41. The largest absolute Gasteiger partial charge is 0.393 e. The van der Waals surface area contributed by atoms with E-state index in [1.165, 1.54) is 40.5 Å². The molecular formula is C34H47NO4. The molecule has 0 fully saturated rings. The van der Waals surface area contributed by atoms with Crippen LogP contribution >= 0.6 is 0 Å². The third-order valence-electron chi connectivity index (χ3n) is 8.32. The summed E-state index contributed by atoms with van der Waals surface area (Å²) in [7, 11) is 1.42. The van der Waals surface area contributed by atoms with Gasteiger partial charge in [0.25, 0.3) is 0 Å². The maximum atomic E-state index is 10.5. The van der Waals surface area contributed by atoms with Gasteiger partial charge in [0.2, 0.25) is 6.29 Å². The molecule has 3 aromatic carbocycles. The Morgan fingerprint density at radius 3 is 1.92 bits per heavy atom. The molecule has 3 aromatic rings. The summed E-state index contributed by atoms with van der Waals surface area (Å²) in [5.74, 6) is 0. The summed E-state index contributed by atoms with van der Waals surface area (Å²) >= 11 is 0. The molecule has 3 N–H and O–H groups in total. The minimum Gasteiger partial charge on any atom is -0.393 e. The molecule has 0 bridgehead atoms. The second-order valence-corrected chi connectivity index (χ2v) is 11.8. The third kappa shape index (κ3) is 7.16. The lowest BCUT2D eigenvalue weighted by atomic mass is 9.69. The van der Waals surface area contributed by atoms with Crippen molar-refractivity contribution in [3.63, 3.8) is 0 Å². The van der Waals surface area contributed by atoms with Crippen LogP contribution in [0.15, 0.2) is 60.7 Å². The van der Waals surface area contributed by atoms with E-state index in [1.54, 1.807) is 0 Å². The first-order chi connectivity index (χ1) is 18.5. The first kappa shape index (κ1) is 31.0. The van der Waals surface area contributed by atoms with Crippen LogP contribution in [0.25, 0.3) is 11.1 Å². The summed E-state index contributed by atoms with van der Waals surface area (Å²) in [6.45, 7) is 15.2. The molecule has 2 atom stereocenters. The quantitative estimate of drug-likeness (QED) is 0.166. The van der Waals surface area contributed by atoms with Gasteiger partial charge in [0.15, 0.2) is 0 Å². The van der Waals surface area contributed by atoms with Crippen LogP contribution in [0.4, 0.5) is 0 Å². The smallest absolute Gasteiger partial charge is 0.203 e. The van der Waals surface area contributed by atoms with E-state index in [0.29, 0.717) is 5.56 Å². The van der Waals surface area contributed by atoms with Gasteiger partial charge < -0.3 is 10.2 Å². The van der Waals surface area contributed by atoms with Gasteiger partial charge in [-0.05, 0) is 83.9 Å². The fourth-order valence-electron chi connectivity index (χ4n) is 5.51. The molecule has 212 valence electrons. The molecule has 0 saturated carbocycles. The predicted molar refractivity (Wildman–Crippen MR) is 159 cm³/mol. The van der Waals surface area contributed by atoms with Gasteiger partial charge >= 0.3 is 0 Å². The normalized spacial score (nSPS) is 13.9. The Morgan fingerprint density at radius 1 is 0.821 bits per heavy atom. The fourth-order valence-corrected chi connectivity index (χ4v) is 5.51. The van der Waals surface area contributed by atoms with Crippen LogP contribution in [0.3, 0.4) is 0 Å². The van der Waals surface area contributed by atoms with E-state index in [-0.39, 0.29) is 16.9 Å². The van der Waals surface area contributed by atoms with E-state index in [2.05, 4.69) is 95.3 Å². The van der Waals surface area contributed by atoms with Gasteiger partial charge in [-0.2, -0.15) is 0 Å². The monoisotopic (exact) mass is 533 g/mol. The molecule has 3 rings (SSSR count). The van der Waals surface area contributed by atoms with Crippen LogP contribution in [0.1, 0.15) is 93.6 Å². The van der Waals surface area contributed by atoms with Crippen LogP contribution in [-0.2, 0) is 21.5 Å². The Morgan fingerprint density at radius 2 is 1.41 bits per heavy atom. The summed E-state index contributed by atoms with van der Waals surface area (Å²) in [6.07, 6.45) is 2.24. The summed E-state index contributed by atoms with van der Waals surface area (Å²) in [5, 5.41) is 20.6. The Balaban J connectivity index is 1.87. The van der Waals surface area contributed by atoms with Gasteiger partial charge in [0, 0.05) is 11.0 Å². The van der Waals surface area contributed by atoms with Crippen molar-refractivity contribution in [2.24, 2.45) is 5.41 Å². The molecule has 0 aromatic heterocycles. The second-order valence-electron chi connectivity index (χ2n) is 11.8. The molecule has 5 heteroatoms. The van der Waals surface area contributed by atoms with Gasteiger partial charge in [0.05, 0.1) is 13.2 Å². The van der Waals surface area contributed by atoms with Crippen molar-refractivity contribution in [3.05, 3.63) is 94.0 Å². The van der Waals surface area contributed by atoms with Crippen molar-refractivity contribution in [2.75, 3.05) is 7.11 Å². The molecule has 0 radical (unpaired) electrons. The highest BCUT2D eigenvalue weighted by Gasteiger charge is 2.31. The van der Waals surface area contributed by atoms with Crippen LogP contribution in [-0.4, -0.2) is 23.4 Å². The molecule has 2 unspecified atom stereocenters. The first-order valence-electron chi connectivity index (χ1n) is 14.1. The molecule has 5 nitrogen and oxygen atoms in total. The zero-order valence-electron chi connectivity index (χ0n) is 25.0. The van der Waals surface area contributed by atoms with Gasteiger partial charge in [-0.3, -0.25) is 4.84 Å². The predicted octanol–water partition coefficient (Wildman–Crippen LogP) is 7.49. The molecule has 39 heavy (non-hydrogen) atoms. The number of hydrogen-bond donors (Lipinski definition) is 3. The Labute approximate surface area is 235 Å². The lowest BCUT2D eigenvalue weighted by Gasteiger charge is -2.34. The number of rotatable bonds is 12.